The van der Waals surface area contributed by atoms with Crippen molar-refractivity contribution in [1.29, 1.82) is 0 Å². The summed E-state index contributed by atoms with van der Waals surface area (Å²) in [5.74, 6) is -0.122. The molecule has 0 spiro atoms. The summed E-state index contributed by atoms with van der Waals surface area (Å²) in [6.45, 7) is 0.688. The minimum Gasteiger partial charge on any atom is -0.383 e. The Morgan fingerprint density at radius 2 is 2.38 bits per heavy atom. The van der Waals surface area contributed by atoms with Crippen molar-refractivity contribution in [3.8, 4) is 0 Å². The van der Waals surface area contributed by atoms with E-state index in [0.29, 0.717) is 18.1 Å². The largest absolute Gasteiger partial charge is 0.383 e. The van der Waals surface area contributed by atoms with Crippen LogP contribution in [0.5, 0.6) is 0 Å². The molecule has 2 rings (SSSR count). The molecule has 1 fully saturated rings. The van der Waals surface area contributed by atoms with Crippen molar-refractivity contribution < 1.29 is 9.53 Å². The quantitative estimate of drug-likeness (QED) is 0.741. The highest BCUT2D eigenvalue weighted by atomic mass is 35.5. The van der Waals surface area contributed by atoms with E-state index >= 15 is 0 Å². The first-order valence-corrected chi connectivity index (χ1v) is 5.23. The van der Waals surface area contributed by atoms with Crippen LogP contribution in [0.3, 0.4) is 0 Å². The average Bonchev–Trinajstić information content (AvgIpc) is 2.69. The number of rotatable bonds is 2. The first kappa shape index (κ1) is 11.3. The van der Waals surface area contributed by atoms with E-state index in [2.05, 4.69) is 4.98 Å². The van der Waals surface area contributed by atoms with Crippen LogP contribution in [0.15, 0.2) is 12.3 Å². The number of ether oxygens (including phenoxy) is 1. The third kappa shape index (κ3) is 1.89. The first-order chi connectivity index (χ1) is 7.53. The second-order valence-corrected chi connectivity index (χ2v) is 4.31. The molecule has 1 atom stereocenters. The molecule has 6 heteroatoms. The number of hydrogen-bond donors (Lipinski definition) is 2. The third-order valence-corrected chi connectivity index (χ3v) is 2.84. The summed E-state index contributed by atoms with van der Waals surface area (Å²) in [6, 6.07) is 1.49. The van der Waals surface area contributed by atoms with Crippen molar-refractivity contribution in [3.05, 3.63) is 22.8 Å². The number of nitrogen functional groups attached to an aromatic ring is 1. The molecule has 2 heterocycles. The second-order valence-electron chi connectivity index (χ2n) is 3.87. The predicted octanol–water partition coefficient (Wildman–Crippen LogP) is 0.618. The van der Waals surface area contributed by atoms with Gasteiger partial charge in [-0.3, -0.25) is 4.79 Å². The molecule has 86 valence electrons. The second kappa shape index (κ2) is 4.01. The molecule has 0 radical (unpaired) electrons. The Balaban J connectivity index is 2.36. The number of hydrogen-bond acceptors (Lipinski definition) is 5. The van der Waals surface area contributed by atoms with Gasteiger partial charge < -0.3 is 16.2 Å². The summed E-state index contributed by atoms with van der Waals surface area (Å²) in [7, 11) is 0. The lowest BCUT2D eigenvalue weighted by Gasteiger charge is -2.20. The van der Waals surface area contributed by atoms with Crippen LogP contribution in [0.2, 0.25) is 5.02 Å². The zero-order chi connectivity index (χ0) is 11.8. The summed E-state index contributed by atoms with van der Waals surface area (Å²) in [6.07, 6.45) is 1.87. The Morgan fingerprint density at radius 1 is 1.62 bits per heavy atom. The fourth-order valence-electron chi connectivity index (χ4n) is 1.66. The number of carbonyl (C=O) groups excluding carboxylic acids is 1. The first-order valence-electron chi connectivity index (χ1n) is 4.85. The minimum atomic E-state index is -1.000. The molecule has 1 saturated heterocycles. The lowest BCUT2D eigenvalue weighted by molar-refractivity contribution is 0.0863. The summed E-state index contributed by atoms with van der Waals surface area (Å²) in [5.41, 5.74) is 10.8. The topological polar surface area (TPSA) is 91.2 Å². The van der Waals surface area contributed by atoms with Gasteiger partial charge in [-0.1, -0.05) is 11.6 Å². The summed E-state index contributed by atoms with van der Waals surface area (Å²) in [4.78, 5) is 16.0. The van der Waals surface area contributed by atoms with Gasteiger partial charge in [-0.2, -0.15) is 0 Å². The van der Waals surface area contributed by atoms with E-state index in [-0.39, 0.29) is 23.8 Å². The number of nitrogens with two attached hydrogens (primary N) is 2. The SMILES string of the molecule is Nc1ncc(Cl)cc1C(=O)C1(N)CCOC1. The molecule has 0 aliphatic carbocycles. The molecular weight excluding hydrogens is 230 g/mol. The highest BCUT2D eigenvalue weighted by Gasteiger charge is 2.39. The van der Waals surface area contributed by atoms with Gasteiger partial charge in [0.1, 0.15) is 11.4 Å². The Labute approximate surface area is 97.7 Å². The predicted molar refractivity (Wildman–Crippen MR) is 60.3 cm³/mol. The highest BCUT2D eigenvalue weighted by Crippen LogP contribution is 2.24. The Kier molecular flexibility index (Phi) is 2.84. The van der Waals surface area contributed by atoms with Gasteiger partial charge >= 0.3 is 0 Å². The monoisotopic (exact) mass is 241 g/mol. The van der Waals surface area contributed by atoms with Crippen LogP contribution in [0.1, 0.15) is 16.8 Å². The van der Waals surface area contributed by atoms with E-state index in [1.807, 2.05) is 0 Å². The number of Topliss-reactive ketones (excluding diaryl/α,β-unsaturated/α-hetero) is 1. The average molecular weight is 242 g/mol. The van der Waals surface area contributed by atoms with Crippen LogP contribution in [-0.4, -0.2) is 29.5 Å². The molecule has 0 amide bonds. The van der Waals surface area contributed by atoms with Gasteiger partial charge in [0.25, 0.3) is 0 Å². The minimum absolute atomic E-state index is 0.145. The number of halogens is 1. The van der Waals surface area contributed by atoms with E-state index in [9.17, 15) is 4.79 Å². The van der Waals surface area contributed by atoms with E-state index in [1.165, 1.54) is 12.3 Å². The van der Waals surface area contributed by atoms with E-state index in [4.69, 9.17) is 27.8 Å². The molecule has 0 saturated carbocycles. The Hall–Kier alpha value is -1.17. The van der Waals surface area contributed by atoms with Crippen LogP contribution in [0.4, 0.5) is 5.82 Å². The molecule has 1 aromatic rings. The van der Waals surface area contributed by atoms with Crippen molar-refractivity contribution in [3.63, 3.8) is 0 Å². The van der Waals surface area contributed by atoms with Gasteiger partial charge in [-0.25, -0.2) is 4.98 Å². The van der Waals surface area contributed by atoms with Gasteiger partial charge in [-0.15, -0.1) is 0 Å². The zero-order valence-electron chi connectivity index (χ0n) is 8.57. The standard InChI is InChI=1S/C10H12ClN3O2/c11-6-3-7(9(12)14-4-6)8(15)10(13)1-2-16-5-10/h3-4H,1-2,5,13H2,(H2,12,14). The normalized spacial score (nSPS) is 24.6. The van der Waals surface area contributed by atoms with Crippen molar-refractivity contribution in [2.24, 2.45) is 5.73 Å². The van der Waals surface area contributed by atoms with Crippen LogP contribution >= 0.6 is 11.6 Å². The lowest BCUT2D eigenvalue weighted by Crippen LogP contribution is -2.48. The van der Waals surface area contributed by atoms with Gasteiger partial charge in [-0.05, 0) is 12.5 Å². The molecule has 4 N–H and O–H groups in total. The molecule has 5 nitrogen and oxygen atoms in total. The third-order valence-electron chi connectivity index (χ3n) is 2.63. The maximum Gasteiger partial charge on any atom is 0.188 e. The number of carbonyl (C=O) groups is 1. The van der Waals surface area contributed by atoms with Crippen LogP contribution < -0.4 is 11.5 Å². The van der Waals surface area contributed by atoms with Crippen molar-refractivity contribution >= 4 is 23.2 Å². The fraction of sp³-hybridized carbons (Fsp3) is 0.400. The maximum absolute atomic E-state index is 12.2. The molecule has 16 heavy (non-hydrogen) atoms. The van der Waals surface area contributed by atoms with Crippen molar-refractivity contribution in [2.75, 3.05) is 18.9 Å². The highest BCUT2D eigenvalue weighted by molar-refractivity contribution is 6.31. The zero-order valence-corrected chi connectivity index (χ0v) is 9.33. The molecular formula is C10H12ClN3O2. The molecule has 0 aromatic carbocycles. The van der Waals surface area contributed by atoms with Crippen molar-refractivity contribution in [1.82, 2.24) is 4.98 Å². The molecule has 0 bridgehead atoms. The van der Waals surface area contributed by atoms with Gasteiger partial charge in [0.2, 0.25) is 0 Å². The number of ketones is 1. The van der Waals surface area contributed by atoms with Crippen LogP contribution in [0, 0.1) is 0 Å². The molecule has 1 unspecified atom stereocenters. The molecule has 1 aromatic heterocycles. The number of nitrogens with zero attached hydrogens (tertiary/aromatic N) is 1. The van der Waals surface area contributed by atoms with E-state index in [0.717, 1.165) is 0 Å². The van der Waals surface area contributed by atoms with E-state index in [1.54, 1.807) is 0 Å². The maximum atomic E-state index is 12.2. The Bertz CT molecular complexity index is 430. The van der Waals surface area contributed by atoms with E-state index < -0.39 is 5.54 Å². The molecule has 1 aliphatic rings. The fourth-order valence-corrected chi connectivity index (χ4v) is 1.82. The number of aromatic nitrogens is 1. The number of pyridine rings is 1. The number of anilines is 1. The molecule has 1 aliphatic heterocycles. The van der Waals surface area contributed by atoms with Gasteiger partial charge in [0, 0.05) is 12.8 Å². The smallest absolute Gasteiger partial charge is 0.188 e. The van der Waals surface area contributed by atoms with Crippen LogP contribution in [-0.2, 0) is 4.74 Å². The van der Waals surface area contributed by atoms with Gasteiger partial charge in [0.05, 0.1) is 17.2 Å². The summed E-state index contributed by atoms with van der Waals surface area (Å²) < 4.78 is 5.13. The van der Waals surface area contributed by atoms with Gasteiger partial charge in [0.15, 0.2) is 5.78 Å². The van der Waals surface area contributed by atoms with Crippen molar-refractivity contribution in [2.45, 2.75) is 12.0 Å². The van der Waals surface area contributed by atoms with Crippen LogP contribution in [0.25, 0.3) is 0 Å². The Morgan fingerprint density at radius 3 is 3.00 bits per heavy atom. The summed E-state index contributed by atoms with van der Waals surface area (Å²) >= 11 is 5.77. The lowest BCUT2D eigenvalue weighted by atomic mass is 9.90. The summed E-state index contributed by atoms with van der Waals surface area (Å²) in [5, 5.41) is 0.361.